The fourth-order valence-electron chi connectivity index (χ4n) is 8.90. The molecule has 2 aliphatic heterocycles. The Morgan fingerprint density at radius 2 is 1.50 bits per heavy atom. The van der Waals surface area contributed by atoms with Gasteiger partial charge in [-0.05, 0) is 56.5 Å². The van der Waals surface area contributed by atoms with Crippen LogP contribution in [0.5, 0.6) is 0 Å². The van der Waals surface area contributed by atoms with Crippen LogP contribution in [0.4, 0.5) is 0 Å². The second-order valence-corrected chi connectivity index (χ2v) is 19.0. The van der Waals surface area contributed by atoms with E-state index in [2.05, 4.69) is 5.32 Å². The molecular weight excluding hydrogens is 929 g/mol. The van der Waals surface area contributed by atoms with Gasteiger partial charge in [-0.25, -0.2) is 4.79 Å². The van der Waals surface area contributed by atoms with Gasteiger partial charge in [-0.2, -0.15) is 0 Å². The summed E-state index contributed by atoms with van der Waals surface area (Å²) in [5.41, 5.74) is 2.31. The molecular formula is C55H64N2O15. The number of likely N-dealkylation sites (N-methyl/N-ethyl adjacent to an activating group) is 1. The van der Waals surface area contributed by atoms with Crippen molar-refractivity contribution in [3.63, 3.8) is 0 Å². The van der Waals surface area contributed by atoms with Gasteiger partial charge in [0.05, 0.1) is 31.4 Å². The van der Waals surface area contributed by atoms with Crippen molar-refractivity contribution in [2.45, 2.75) is 119 Å². The van der Waals surface area contributed by atoms with Gasteiger partial charge < -0.3 is 64.2 Å². The van der Waals surface area contributed by atoms with E-state index < -0.39 is 109 Å². The molecule has 2 heterocycles. The quantitative estimate of drug-likeness (QED) is 0.0734. The topological polar surface area (TPSA) is 240 Å². The molecule has 17 heteroatoms. The Bertz CT molecular complexity index is 2470. The fourth-order valence-corrected chi connectivity index (χ4v) is 8.90. The molecule has 3 aliphatic rings. The maximum absolute atomic E-state index is 14.9. The molecule has 17 nitrogen and oxygen atoms in total. The van der Waals surface area contributed by atoms with Crippen molar-refractivity contribution < 1.29 is 73.1 Å². The Morgan fingerprint density at radius 1 is 0.847 bits per heavy atom. The summed E-state index contributed by atoms with van der Waals surface area (Å²) in [4.78, 5) is 57.4. The number of fused-ring (bicyclic) bond motifs is 1. The lowest BCUT2D eigenvalue weighted by Crippen LogP contribution is -2.59. The first-order valence-corrected chi connectivity index (χ1v) is 24.0. The number of ether oxygens (including phenoxy) is 6. The van der Waals surface area contributed by atoms with Crippen LogP contribution in [-0.2, 0) is 55.0 Å². The maximum atomic E-state index is 14.9. The highest BCUT2D eigenvalue weighted by Gasteiger charge is 2.55. The summed E-state index contributed by atoms with van der Waals surface area (Å²) in [6, 6.07) is 32.4. The SMILES string of the molecule is CN(C(=O)C1=C[C@H]2OC(c3ccccc3)(c3ccccc3)O[C@H]2[C@H](OC(=O)c2cccc(C=CCO[C@H]3O[C@H](CO)[C@H](O)[C@H](O)[C@H]3O)c2)C1)[C@H](Cc1ccccc1)C(=O)N[C@H](CO)CCC(=O)OC(C)(C)C. The molecule has 384 valence electrons. The van der Waals surface area contributed by atoms with Crippen LogP contribution in [0.3, 0.4) is 0 Å². The summed E-state index contributed by atoms with van der Waals surface area (Å²) >= 11 is 0. The highest BCUT2D eigenvalue weighted by molar-refractivity contribution is 5.97. The van der Waals surface area contributed by atoms with Crippen LogP contribution >= 0.6 is 0 Å². The van der Waals surface area contributed by atoms with E-state index in [1.165, 1.54) is 11.9 Å². The summed E-state index contributed by atoms with van der Waals surface area (Å²) in [5.74, 6) is -3.79. The lowest BCUT2D eigenvalue weighted by atomic mass is 9.90. The molecule has 2 amide bonds. The predicted octanol–water partition coefficient (Wildman–Crippen LogP) is 3.73. The van der Waals surface area contributed by atoms with Crippen molar-refractivity contribution in [3.8, 4) is 0 Å². The number of carbonyl (C=O) groups is 4. The normalized spacial score (nSPS) is 24.6. The number of nitrogens with zero attached hydrogens (tertiary/aromatic N) is 1. The number of aliphatic hydroxyl groups excluding tert-OH is 5. The van der Waals surface area contributed by atoms with Crippen LogP contribution in [0.2, 0.25) is 0 Å². The molecule has 0 aromatic heterocycles. The van der Waals surface area contributed by atoms with E-state index in [-0.39, 0.29) is 43.4 Å². The molecule has 0 spiro atoms. The molecule has 2 saturated heterocycles. The van der Waals surface area contributed by atoms with E-state index in [0.717, 1.165) is 5.56 Å². The first kappa shape index (κ1) is 53.7. The summed E-state index contributed by atoms with van der Waals surface area (Å²) in [5, 5.41) is 53.2. The molecule has 10 atom stereocenters. The number of benzene rings is 4. The third-order valence-electron chi connectivity index (χ3n) is 12.6. The number of nitrogens with one attached hydrogen (secondary N) is 1. The lowest BCUT2D eigenvalue weighted by molar-refractivity contribution is -0.298. The number of amides is 2. The van der Waals surface area contributed by atoms with Crippen LogP contribution in [0.1, 0.15) is 72.6 Å². The van der Waals surface area contributed by atoms with Gasteiger partial charge in [0.15, 0.2) is 6.29 Å². The lowest BCUT2D eigenvalue weighted by Gasteiger charge is -2.39. The first-order valence-electron chi connectivity index (χ1n) is 24.0. The Kier molecular flexibility index (Phi) is 17.9. The molecule has 1 aliphatic carbocycles. The standard InChI is InChI=1S/C55H64N2O15/c1-54(2,3)71-45(60)26-25-40(32-58)56-50(64)41(29-35-16-8-5-9-17-35)57(4)51(65)37-30-42(49-43(31-37)70-55(72-49,38-21-10-6-11-22-38)39-23-12-7-13-24-39)68-52(66)36-20-14-18-34(28-36)19-15-27-67-53-48(63)47(62)46(61)44(33-59)69-53/h5-24,28,31,40-44,46-49,53,58-59,61-63H,25-27,29-30,32-33H2,1-4H3,(H,56,64)/t40-,41+,42+,43+,44+,46-,47-,48+,49-,53-/m0/s1. The zero-order valence-corrected chi connectivity index (χ0v) is 40.7. The molecule has 4 aromatic carbocycles. The van der Waals surface area contributed by atoms with E-state index in [0.29, 0.717) is 16.7 Å². The monoisotopic (exact) mass is 992 g/mol. The minimum atomic E-state index is -1.59. The van der Waals surface area contributed by atoms with Gasteiger partial charge in [-0.1, -0.05) is 115 Å². The van der Waals surface area contributed by atoms with E-state index in [1.807, 2.05) is 91.0 Å². The minimum Gasteiger partial charge on any atom is -0.460 e. The van der Waals surface area contributed by atoms with E-state index in [9.17, 15) is 44.7 Å². The van der Waals surface area contributed by atoms with E-state index in [4.69, 9.17) is 28.4 Å². The molecule has 0 bridgehead atoms. The Hall–Kier alpha value is -6.12. The molecule has 6 N–H and O–H groups in total. The van der Waals surface area contributed by atoms with Gasteiger partial charge in [-0.15, -0.1) is 0 Å². The third kappa shape index (κ3) is 13.1. The van der Waals surface area contributed by atoms with Gasteiger partial charge in [-0.3, -0.25) is 14.4 Å². The number of carbonyl (C=O) groups excluding carboxylic acids is 4. The van der Waals surface area contributed by atoms with Gasteiger partial charge in [0.1, 0.15) is 54.4 Å². The summed E-state index contributed by atoms with van der Waals surface area (Å²) in [6.07, 6.45) is -5.16. The smallest absolute Gasteiger partial charge is 0.338 e. The highest BCUT2D eigenvalue weighted by atomic mass is 16.8. The van der Waals surface area contributed by atoms with Crippen molar-refractivity contribution in [2.24, 2.45) is 0 Å². The zero-order chi connectivity index (χ0) is 51.6. The van der Waals surface area contributed by atoms with Gasteiger partial charge in [0.2, 0.25) is 17.6 Å². The van der Waals surface area contributed by atoms with Crippen molar-refractivity contribution in [2.75, 3.05) is 26.9 Å². The molecule has 2 fully saturated rings. The summed E-state index contributed by atoms with van der Waals surface area (Å²) in [6.45, 7) is 4.08. The van der Waals surface area contributed by atoms with Crippen molar-refractivity contribution >= 4 is 29.8 Å². The Balaban J connectivity index is 1.14. The summed E-state index contributed by atoms with van der Waals surface area (Å²) < 4.78 is 36.6. The van der Waals surface area contributed by atoms with Crippen molar-refractivity contribution in [1.82, 2.24) is 10.2 Å². The average Bonchev–Trinajstić information content (AvgIpc) is 3.79. The Morgan fingerprint density at radius 3 is 2.12 bits per heavy atom. The summed E-state index contributed by atoms with van der Waals surface area (Å²) in [7, 11) is 1.51. The third-order valence-corrected chi connectivity index (χ3v) is 12.6. The van der Waals surface area contributed by atoms with E-state index >= 15 is 0 Å². The van der Waals surface area contributed by atoms with Crippen LogP contribution in [0, 0.1) is 0 Å². The average molecular weight is 993 g/mol. The van der Waals surface area contributed by atoms with Gasteiger partial charge in [0, 0.05) is 43.0 Å². The van der Waals surface area contributed by atoms with Crippen LogP contribution < -0.4 is 5.32 Å². The molecule has 72 heavy (non-hydrogen) atoms. The van der Waals surface area contributed by atoms with Gasteiger partial charge >= 0.3 is 11.9 Å². The van der Waals surface area contributed by atoms with Crippen molar-refractivity contribution in [1.29, 1.82) is 0 Å². The number of aliphatic hydroxyl groups is 5. The first-order chi connectivity index (χ1) is 34.5. The second-order valence-electron chi connectivity index (χ2n) is 19.0. The number of esters is 2. The van der Waals surface area contributed by atoms with Crippen LogP contribution in [-0.4, -0.2) is 148 Å². The predicted molar refractivity (Wildman–Crippen MR) is 261 cm³/mol. The minimum absolute atomic E-state index is 0.0591. The fraction of sp³-hybridized carbons (Fsp3) is 0.418. The van der Waals surface area contributed by atoms with Crippen LogP contribution in [0.25, 0.3) is 6.08 Å². The van der Waals surface area contributed by atoms with Gasteiger partial charge in [0.25, 0.3) is 0 Å². The number of hydrogen-bond acceptors (Lipinski definition) is 15. The highest BCUT2D eigenvalue weighted by Crippen LogP contribution is 2.47. The molecule has 0 unspecified atom stereocenters. The molecule has 0 radical (unpaired) electrons. The van der Waals surface area contributed by atoms with Crippen molar-refractivity contribution in [3.05, 3.63) is 161 Å². The largest absolute Gasteiger partial charge is 0.460 e. The molecule has 7 rings (SSSR count). The van der Waals surface area contributed by atoms with E-state index in [1.54, 1.807) is 63.3 Å². The Labute approximate surface area is 418 Å². The zero-order valence-electron chi connectivity index (χ0n) is 40.7. The van der Waals surface area contributed by atoms with Crippen LogP contribution in [0.15, 0.2) is 133 Å². The molecule has 4 aromatic rings. The number of hydrogen-bond donors (Lipinski definition) is 6. The second kappa shape index (κ2) is 24.1. The molecule has 0 saturated carbocycles. The number of rotatable bonds is 19. The maximum Gasteiger partial charge on any atom is 0.338 e.